The SMILES string of the molecule is CC(OCCO)N1CCN(CCCN2c3ccccc3Sc3ccc(C(F)(F)F)cc32)CC1. The van der Waals surface area contributed by atoms with E-state index in [1.807, 2.05) is 36.1 Å². The van der Waals surface area contributed by atoms with Gasteiger partial charge in [0.2, 0.25) is 0 Å². The van der Waals surface area contributed by atoms with Crippen molar-refractivity contribution in [3.05, 3.63) is 48.0 Å². The normalized spacial score (nSPS) is 18.2. The molecule has 2 aromatic carbocycles. The number of fused-ring (bicyclic) bond motifs is 2. The Morgan fingerprint density at radius 1 is 1.00 bits per heavy atom. The Bertz CT molecular complexity index is 935. The lowest BCUT2D eigenvalue weighted by molar-refractivity contribution is -0.137. The third-order valence-electron chi connectivity index (χ3n) is 6.18. The summed E-state index contributed by atoms with van der Waals surface area (Å²) in [6, 6.07) is 11.9. The summed E-state index contributed by atoms with van der Waals surface area (Å²) in [5.74, 6) is 0. The van der Waals surface area contributed by atoms with Crippen LogP contribution in [0.15, 0.2) is 52.3 Å². The maximum absolute atomic E-state index is 13.4. The molecular formula is C24H30F3N3O2S. The highest BCUT2D eigenvalue weighted by Gasteiger charge is 2.33. The summed E-state index contributed by atoms with van der Waals surface area (Å²) >= 11 is 1.52. The van der Waals surface area contributed by atoms with Gasteiger partial charge in [0.15, 0.2) is 0 Å². The van der Waals surface area contributed by atoms with E-state index in [4.69, 9.17) is 9.84 Å². The second-order valence-corrected chi connectivity index (χ2v) is 9.41. The maximum Gasteiger partial charge on any atom is 0.416 e. The van der Waals surface area contributed by atoms with Crippen molar-refractivity contribution in [1.82, 2.24) is 9.80 Å². The van der Waals surface area contributed by atoms with Crippen molar-refractivity contribution in [2.24, 2.45) is 0 Å². The minimum absolute atomic E-state index is 0.0130. The molecule has 1 saturated heterocycles. The smallest absolute Gasteiger partial charge is 0.394 e. The molecule has 1 fully saturated rings. The zero-order valence-electron chi connectivity index (χ0n) is 18.7. The fourth-order valence-corrected chi connectivity index (χ4v) is 5.45. The highest BCUT2D eigenvalue weighted by Crippen LogP contribution is 2.49. The molecule has 2 aliphatic rings. The molecule has 0 spiro atoms. The number of rotatable bonds is 8. The third-order valence-corrected chi connectivity index (χ3v) is 7.31. The molecule has 1 atom stereocenters. The van der Waals surface area contributed by atoms with Crippen molar-refractivity contribution in [1.29, 1.82) is 0 Å². The number of alkyl halides is 3. The molecule has 2 aliphatic heterocycles. The molecule has 33 heavy (non-hydrogen) atoms. The van der Waals surface area contributed by atoms with Crippen LogP contribution in [0.25, 0.3) is 0 Å². The van der Waals surface area contributed by atoms with E-state index >= 15 is 0 Å². The quantitative estimate of drug-likeness (QED) is 0.591. The van der Waals surface area contributed by atoms with Gasteiger partial charge in [0.05, 0.1) is 30.2 Å². The van der Waals surface area contributed by atoms with Gasteiger partial charge in [-0.05, 0) is 50.2 Å². The highest BCUT2D eigenvalue weighted by molar-refractivity contribution is 7.99. The topological polar surface area (TPSA) is 39.2 Å². The Hall–Kier alpha value is -1.78. The van der Waals surface area contributed by atoms with Gasteiger partial charge in [0.25, 0.3) is 0 Å². The van der Waals surface area contributed by atoms with E-state index in [1.165, 1.54) is 23.9 Å². The molecule has 0 bridgehead atoms. The number of aliphatic hydroxyl groups excluding tert-OH is 1. The molecule has 1 N–H and O–H groups in total. The van der Waals surface area contributed by atoms with Crippen LogP contribution in [0.1, 0.15) is 18.9 Å². The molecule has 0 amide bonds. The lowest BCUT2D eigenvalue weighted by Crippen LogP contribution is -2.50. The van der Waals surface area contributed by atoms with Gasteiger partial charge < -0.3 is 19.6 Å². The summed E-state index contributed by atoms with van der Waals surface area (Å²) in [7, 11) is 0. The summed E-state index contributed by atoms with van der Waals surface area (Å²) in [5, 5.41) is 8.92. The molecule has 2 heterocycles. The average Bonchev–Trinajstić information content (AvgIpc) is 2.81. The van der Waals surface area contributed by atoms with Gasteiger partial charge in [-0.1, -0.05) is 23.9 Å². The number of piperazine rings is 1. The maximum atomic E-state index is 13.4. The number of anilines is 2. The van der Waals surface area contributed by atoms with E-state index in [1.54, 1.807) is 6.07 Å². The van der Waals surface area contributed by atoms with Crippen molar-refractivity contribution >= 4 is 23.1 Å². The van der Waals surface area contributed by atoms with Gasteiger partial charge in [-0.25, -0.2) is 0 Å². The van der Waals surface area contributed by atoms with Crippen LogP contribution < -0.4 is 4.90 Å². The number of benzene rings is 2. The van der Waals surface area contributed by atoms with E-state index < -0.39 is 11.7 Å². The minimum Gasteiger partial charge on any atom is -0.394 e. The van der Waals surface area contributed by atoms with Crippen molar-refractivity contribution in [2.45, 2.75) is 35.5 Å². The first-order chi connectivity index (χ1) is 15.9. The van der Waals surface area contributed by atoms with Gasteiger partial charge in [-0.15, -0.1) is 0 Å². The third kappa shape index (κ3) is 5.84. The Morgan fingerprint density at radius 3 is 2.45 bits per heavy atom. The second-order valence-electron chi connectivity index (χ2n) is 8.33. The van der Waals surface area contributed by atoms with Crippen molar-refractivity contribution < 1.29 is 23.0 Å². The van der Waals surface area contributed by atoms with E-state index in [2.05, 4.69) is 9.80 Å². The first-order valence-electron chi connectivity index (χ1n) is 11.3. The fraction of sp³-hybridized carbons (Fsp3) is 0.500. The molecule has 1 unspecified atom stereocenters. The molecule has 0 radical (unpaired) electrons. The monoisotopic (exact) mass is 481 g/mol. The number of para-hydroxylation sites is 1. The van der Waals surface area contributed by atoms with Crippen LogP contribution in [-0.4, -0.2) is 73.6 Å². The Morgan fingerprint density at radius 2 is 1.73 bits per heavy atom. The van der Waals surface area contributed by atoms with E-state index in [0.29, 0.717) is 18.8 Å². The van der Waals surface area contributed by atoms with Crippen LogP contribution in [0.5, 0.6) is 0 Å². The number of hydrogen-bond donors (Lipinski definition) is 1. The van der Waals surface area contributed by atoms with Gasteiger partial charge in [0, 0.05) is 42.5 Å². The molecule has 0 saturated carbocycles. The molecule has 180 valence electrons. The predicted octanol–water partition coefficient (Wildman–Crippen LogP) is 4.67. The summed E-state index contributed by atoms with van der Waals surface area (Å²) in [5.41, 5.74) is 0.988. The van der Waals surface area contributed by atoms with Crippen molar-refractivity contribution in [3.8, 4) is 0 Å². The second kappa shape index (κ2) is 10.7. The van der Waals surface area contributed by atoms with Gasteiger partial charge in [-0.2, -0.15) is 13.2 Å². The molecule has 2 aromatic rings. The lowest BCUT2D eigenvalue weighted by atomic mass is 10.1. The van der Waals surface area contributed by atoms with Crippen LogP contribution in [0.2, 0.25) is 0 Å². The largest absolute Gasteiger partial charge is 0.416 e. The molecule has 0 aliphatic carbocycles. The average molecular weight is 482 g/mol. The standard InChI is InChI=1S/C24H30F3N3O2S/c1-18(32-16-15-31)29-13-11-28(12-14-29)9-4-10-30-20-5-2-3-6-22(20)33-23-8-7-19(17-21(23)30)24(25,26)27/h2-3,5-8,17-18,31H,4,9-16H2,1H3. The predicted molar refractivity (Wildman–Crippen MR) is 124 cm³/mol. The van der Waals surface area contributed by atoms with Crippen LogP contribution >= 0.6 is 11.8 Å². The summed E-state index contributed by atoms with van der Waals surface area (Å²) < 4.78 is 45.7. The van der Waals surface area contributed by atoms with E-state index in [-0.39, 0.29) is 12.8 Å². The Kier molecular flexibility index (Phi) is 7.86. The lowest BCUT2D eigenvalue weighted by Gasteiger charge is -2.38. The van der Waals surface area contributed by atoms with Gasteiger partial charge in [0.1, 0.15) is 6.23 Å². The van der Waals surface area contributed by atoms with Crippen LogP contribution in [0.3, 0.4) is 0 Å². The molecule has 5 nitrogen and oxygen atoms in total. The van der Waals surface area contributed by atoms with Gasteiger partial charge in [-0.3, -0.25) is 4.90 Å². The van der Waals surface area contributed by atoms with E-state index in [0.717, 1.165) is 54.6 Å². The first kappa shape index (κ1) is 24.3. The van der Waals surface area contributed by atoms with Crippen LogP contribution in [0.4, 0.5) is 24.5 Å². The molecule has 0 aromatic heterocycles. The first-order valence-corrected chi connectivity index (χ1v) is 12.1. The van der Waals surface area contributed by atoms with Crippen LogP contribution in [-0.2, 0) is 10.9 Å². The summed E-state index contributed by atoms with van der Waals surface area (Å²) in [4.78, 5) is 8.62. The van der Waals surface area contributed by atoms with E-state index in [9.17, 15) is 13.2 Å². The Labute approximate surface area is 197 Å². The summed E-state index contributed by atoms with van der Waals surface area (Å²) in [6.07, 6.45) is -3.52. The Balaban J connectivity index is 1.39. The van der Waals surface area contributed by atoms with Crippen LogP contribution in [0, 0.1) is 0 Å². The molecule has 9 heteroatoms. The summed E-state index contributed by atoms with van der Waals surface area (Å²) in [6.45, 7) is 7.56. The fourth-order valence-electron chi connectivity index (χ4n) is 4.38. The van der Waals surface area contributed by atoms with Gasteiger partial charge >= 0.3 is 6.18 Å². The number of nitrogens with zero attached hydrogens (tertiary/aromatic N) is 3. The molecular weight excluding hydrogens is 451 g/mol. The zero-order valence-corrected chi connectivity index (χ0v) is 19.5. The minimum atomic E-state index is -4.36. The number of aliphatic hydroxyl groups is 1. The van der Waals surface area contributed by atoms with Crippen molar-refractivity contribution in [2.75, 3.05) is 57.4 Å². The van der Waals surface area contributed by atoms with Crippen molar-refractivity contribution in [3.63, 3.8) is 0 Å². The zero-order chi connectivity index (χ0) is 23.4. The number of halogens is 3. The number of ether oxygens (including phenoxy) is 1. The molecule has 4 rings (SSSR count). The number of hydrogen-bond acceptors (Lipinski definition) is 6. The highest BCUT2D eigenvalue weighted by atomic mass is 32.2.